The summed E-state index contributed by atoms with van der Waals surface area (Å²) in [4.78, 5) is 0. The molecule has 0 aromatic heterocycles. The van der Waals surface area contributed by atoms with Gasteiger partial charge in [0.25, 0.3) is 0 Å². The molecular formula is C17H25NO. The van der Waals surface area contributed by atoms with Crippen molar-refractivity contribution in [3.8, 4) is 5.75 Å². The smallest absolute Gasteiger partial charge is 0.115 e. The molecule has 2 N–H and O–H groups in total. The standard InChI is InChI=1S/C17H25NO/c1-12(13-5-3-2-4-6-13)18-17-10-7-14-11-15(19)8-9-16(14)17/h8-9,11-13,17-19H,2-7,10H2,1H3/t12-,17?/m0/s1. The molecule has 0 spiro atoms. The minimum Gasteiger partial charge on any atom is -0.508 e. The minimum absolute atomic E-state index is 0.403. The molecule has 0 bridgehead atoms. The largest absolute Gasteiger partial charge is 0.508 e. The Morgan fingerprint density at radius 2 is 1.95 bits per heavy atom. The van der Waals surface area contributed by atoms with Crippen molar-refractivity contribution in [2.75, 3.05) is 0 Å². The van der Waals surface area contributed by atoms with Gasteiger partial charge in [0.15, 0.2) is 0 Å². The summed E-state index contributed by atoms with van der Waals surface area (Å²) in [5, 5.41) is 13.4. The Kier molecular flexibility index (Phi) is 3.79. The van der Waals surface area contributed by atoms with Gasteiger partial charge in [0.1, 0.15) is 5.75 Å². The van der Waals surface area contributed by atoms with Crippen LogP contribution in [0.15, 0.2) is 18.2 Å². The van der Waals surface area contributed by atoms with Gasteiger partial charge in [-0.15, -0.1) is 0 Å². The number of nitrogens with one attached hydrogen (secondary N) is 1. The summed E-state index contributed by atoms with van der Waals surface area (Å²) in [6, 6.07) is 6.97. The number of aromatic hydroxyl groups is 1. The van der Waals surface area contributed by atoms with E-state index in [0.717, 1.165) is 12.3 Å². The summed E-state index contributed by atoms with van der Waals surface area (Å²) in [5.74, 6) is 1.26. The van der Waals surface area contributed by atoms with Crippen molar-refractivity contribution in [3.63, 3.8) is 0 Å². The SMILES string of the molecule is C[C@H](NC1CCc2cc(O)ccc21)C1CCCCC1. The van der Waals surface area contributed by atoms with Crippen molar-refractivity contribution >= 4 is 0 Å². The van der Waals surface area contributed by atoms with Crippen LogP contribution in [0.2, 0.25) is 0 Å². The summed E-state index contributed by atoms with van der Waals surface area (Å²) >= 11 is 0. The maximum absolute atomic E-state index is 9.55. The molecule has 0 radical (unpaired) electrons. The normalized spacial score (nSPS) is 25.2. The molecule has 3 rings (SSSR count). The van der Waals surface area contributed by atoms with E-state index in [2.05, 4.69) is 18.3 Å². The average Bonchev–Trinajstić information content (AvgIpc) is 2.82. The number of phenolic OH excluding ortho intramolecular Hbond substituents is 1. The van der Waals surface area contributed by atoms with E-state index in [1.165, 1.54) is 49.7 Å². The van der Waals surface area contributed by atoms with Gasteiger partial charge in [0, 0.05) is 12.1 Å². The van der Waals surface area contributed by atoms with E-state index in [1.807, 2.05) is 12.1 Å². The van der Waals surface area contributed by atoms with Crippen LogP contribution < -0.4 is 5.32 Å². The van der Waals surface area contributed by atoms with Crippen LogP contribution in [0.25, 0.3) is 0 Å². The molecule has 1 saturated carbocycles. The Morgan fingerprint density at radius 1 is 1.16 bits per heavy atom. The Labute approximate surface area is 116 Å². The molecular weight excluding hydrogens is 234 g/mol. The summed E-state index contributed by atoms with van der Waals surface area (Å²) in [5.41, 5.74) is 2.73. The minimum atomic E-state index is 0.403. The number of hydrogen-bond acceptors (Lipinski definition) is 2. The highest BCUT2D eigenvalue weighted by atomic mass is 16.3. The molecule has 1 fully saturated rings. The van der Waals surface area contributed by atoms with Gasteiger partial charge in [-0.1, -0.05) is 25.3 Å². The molecule has 104 valence electrons. The highest BCUT2D eigenvalue weighted by molar-refractivity contribution is 5.40. The second-order valence-corrected chi connectivity index (χ2v) is 6.33. The van der Waals surface area contributed by atoms with Gasteiger partial charge in [-0.2, -0.15) is 0 Å². The Morgan fingerprint density at radius 3 is 2.74 bits per heavy atom. The quantitative estimate of drug-likeness (QED) is 0.861. The third-order valence-electron chi connectivity index (χ3n) is 5.03. The van der Waals surface area contributed by atoms with Crippen LogP contribution in [-0.2, 0) is 6.42 Å². The molecule has 2 heteroatoms. The molecule has 2 atom stereocenters. The van der Waals surface area contributed by atoms with Gasteiger partial charge in [0.05, 0.1) is 0 Å². The fourth-order valence-electron chi connectivity index (χ4n) is 3.86. The van der Waals surface area contributed by atoms with Gasteiger partial charge in [-0.25, -0.2) is 0 Å². The first-order valence-electron chi connectivity index (χ1n) is 7.82. The Hall–Kier alpha value is -1.02. The number of fused-ring (bicyclic) bond motifs is 1. The van der Waals surface area contributed by atoms with Crippen molar-refractivity contribution in [3.05, 3.63) is 29.3 Å². The summed E-state index contributed by atoms with van der Waals surface area (Å²) in [6.07, 6.45) is 9.30. The summed E-state index contributed by atoms with van der Waals surface area (Å²) < 4.78 is 0. The van der Waals surface area contributed by atoms with E-state index in [4.69, 9.17) is 0 Å². The van der Waals surface area contributed by atoms with Gasteiger partial charge in [-0.3, -0.25) is 0 Å². The lowest BCUT2D eigenvalue weighted by Crippen LogP contribution is -2.36. The van der Waals surface area contributed by atoms with E-state index < -0.39 is 0 Å². The molecule has 0 saturated heterocycles. The number of benzene rings is 1. The molecule has 1 unspecified atom stereocenters. The maximum Gasteiger partial charge on any atom is 0.115 e. The first-order chi connectivity index (χ1) is 9.24. The zero-order valence-corrected chi connectivity index (χ0v) is 11.9. The lowest BCUT2D eigenvalue weighted by atomic mass is 9.84. The molecule has 0 amide bonds. The first-order valence-corrected chi connectivity index (χ1v) is 7.82. The molecule has 1 aromatic carbocycles. The Balaban J connectivity index is 1.65. The molecule has 2 aliphatic rings. The number of rotatable bonds is 3. The number of phenols is 1. The molecule has 19 heavy (non-hydrogen) atoms. The zero-order valence-electron chi connectivity index (χ0n) is 11.9. The van der Waals surface area contributed by atoms with Crippen LogP contribution in [0.4, 0.5) is 0 Å². The molecule has 1 aromatic rings. The zero-order chi connectivity index (χ0) is 13.2. The fourth-order valence-corrected chi connectivity index (χ4v) is 3.86. The van der Waals surface area contributed by atoms with Crippen LogP contribution in [0.5, 0.6) is 5.75 Å². The second kappa shape index (κ2) is 5.54. The van der Waals surface area contributed by atoms with Crippen LogP contribution in [0.1, 0.15) is 62.6 Å². The maximum atomic E-state index is 9.55. The molecule has 0 aliphatic heterocycles. The van der Waals surface area contributed by atoms with E-state index in [-0.39, 0.29) is 0 Å². The van der Waals surface area contributed by atoms with Crippen molar-refractivity contribution in [1.29, 1.82) is 0 Å². The van der Waals surface area contributed by atoms with Gasteiger partial charge in [-0.05, 0) is 61.8 Å². The third-order valence-corrected chi connectivity index (χ3v) is 5.03. The van der Waals surface area contributed by atoms with Crippen LogP contribution >= 0.6 is 0 Å². The predicted molar refractivity (Wildman–Crippen MR) is 78.3 cm³/mol. The van der Waals surface area contributed by atoms with Crippen molar-refractivity contribution in [2.45, 2.75) is 64.0 Å². The van der Waals surface area contributed by atoms with E-state index in [9.17, 15) is 5.11 Å². The molecule has 0 heterocycles. The van der Waals surface area contributed by atoms with Crippen molar-refractivity contribution in [1.82, 2.24) is 5.32 Å². The van der Waals surface area contributed by atoms with Crippen LogP contribution in [0, 0.1) is 5.92 Å². The average molecular weight is 259 g/mol. The van der Waals surface area contributed by atoms with Crippen molar-refractivity contribution < 1.29 is 5.11 Å². The monoisotopic (exact) mass is 259 g/mol. The molecule has 2 nitrogen and oxygen atoms in total. The lowest BCUT2D eigenvalue weighted by molar-refractivity contribution is 0.264. The van der Waals surface area contributed by atoms with Gasteiger partial charge < -0.3 is 10.4 Å². The van der Waals surface area contributed by atoms with E-state index in [1.54, 1.807) is 0 Å². The van der Waals surface area contributed by atoms with Gasteiger partial charge in [0.2, 0.25) is 0 Å². The van der Waals surface area contributed by atoms with E-state index in [0.29, 0.717) is 17.8 Å². The van der Waals surface area contributed by atoms with Crippen LogP contribution in [-0.4, -0.2) is 11.1 Å². The summed E-state index contributed by atoms with van der Waals surface area (Å²) in [6.45, 7) is 2.36. The third kappa shape index (κ3) is 2.79. The van der Waals surface area contributed by atoms with Crippen molar-refractivity contribution in [2.24, 2.45) is 5.92 Å². The highest BCUT2D eigenvalue weighted by Gasteiger charge is 2.27. The number of aryl methyl sites for hydroxylation is 1. The second-order valence-electron chi connectivity index (χ2n) is 6.33. The summed E-state index contributed by atoms with van der Waals surface area (Å²) in [7, 11) is 0. The highest BCUT2D eigenvalue weighted by Crippen LogP contribution is 2.35. The lowest BCUT2D eigenvalue weighted by Gasteiger charge is -2.31. The first kappa shape index (κ1) is 13.0. The fraction of sp³-hybridized carbons (Fsp3) is 0.647. The Bertz CT molecular complexity index is 437. The molecule has 2 aliphatic carbocycles. The van der Waals surface area contributed by atoms with Gasteiger partial charge >= 0.3 is 0 Å². The number of hydrogen-bond donors (Lipinski definition) is 2. The topological polar surface area (TPSA) is 32.3 Å². The van der Waals surface area contributed by atoms with Crippen LogP contribution in [0.3, 0.4) is 0 Å². The van der Waals surface area contributed by atoms with E-state index >= 15 is 0 Å². The predicted octanol–water partition coefficient (Wildman–Crippen LogP) is 3.94.